The van der Waals surface area contributed by atoms with Crippen molar-refractivity contribution in [3.05, 3.63) is 35.9 Å². The molecule has 0 atom stereocenters. The maximum absolute atomic E-state index is 12.5. The number of hydrogen-bond donors (Lipinski definition) is 2. The molecule has 4 nitrogen and oxygen atoms in total. The Bertz CT molecular complexity index is 516. The standard InChI is InChI=1S/C17H23NO3/c1-3-16(4-2,15(20)21)12-18-14(19)17(10-11-17)13-8-6-5-7-9-13/h5-9H,3-4,10-12H2,1-2H3,(H,18,19)(H,20,21). The van der Waals surface area contributed by atoms with Crippen LogP contribution in [0.3, 0.4) is 0 Å². The molecule has 0 aliphatic heterocycles. The smallest absolute Gasteiger partial charge is 0.311 e. The predicted octanol–water partition coefficient (Wildman–Crippen LogP) is 2.73. The zero-order valence-corrected chi connectivity index (χ0v) is 12.7. The first-order valence-corrected chi connectivity index (χ1v) is 7.58. The third-order valence-corrected chi connectivity index (χ3v) is 4.91. The molecular weight excluding hydrogens is 266 g/mol. The summed E-state index contributed by atoms with van der Waals surface area (Å²) in [5.41, 5.74) is -0.272. The Kier molecular flexibility index (Phi) is 4.35. The average molecular weight is 289 g/mol. The molecule has 0 saturated heterocycles. The fourth-order valence-electron chi connectivity index (χ4n) is 2.83. The number of carboxylic acid groups (broad SMARTS) is 1. The molecule has 4 heteroatoms. The Morgan fingerprint density at radius 2 is 1.76 bits per heavy atom. The molecule has 1 aliphatic rings. The maximum Gasteiger partial charge on any atom is 0.311 e. The zero-order valence-electron chi connectivity index (χ0n) is 12.7. The molecule has 0 aromatic heterocycles. The van der Waals surface area contributed by atoms with E-state index >= 15 is 0 Å². The normalized spacial score (nSPS) is 16.3. The van der Waals surface area contributed by atoms with Crippen molar-refractivity contribution in [2.24, 2.45) is 5.41 Å². The topological polar surface area (TPSA) is 66.4 Å². The number of hydrogen-bond acceptors (Lipinski definition) is 2. The van der Waals surface area contributed by atoms with Crippen LogP contribution in [0.5, 0.6) is 0 Å². The van der Waals surface area contributed by atoms with E-state index in [4.69, 9.17) is 0 Å². The molecule has 0 unspecified atom stereocenters. The predicted molar refractivity (Wildman–Crippen MR) is 81.0 cm³/mol. The quantitative estimate of drug-likeness (QED) is 0.811. The summed E-state index contributed by atoms with van der Waals surface area (Å²) in [5.74, 6) is -0.876. The summed E-state index contributed by atoms with van der Waals surface area (Å²) in [6.45, 7) is 3.91. The van der Waals surface area contributed by atoms with E-state index in [1.165, 1.54) is 0 Å². The van der Waals surface area contributed by atoms with Gasteiger partial charge in [0.1, 0.15) is 0 Å². The third-order valence-electron chi connectivity index (χ3n) is 4.91. The largest absolute Gasteiger partial charge is 0.481 e. The minimum absolute atomic E-state index is 0.0405. The van der Waals surface area contributed by atoms with E-state index in [-0.39, 0.29) is 12.5 Å². The van der Waals surface area contributed by atoms with Gasteiger partial charge in [-0.15, -0.1) is 0 Å². The van der Waals surface area contributed by atoms with E-state index in [9.17, 15) is 14.7 Å². The van der Waals surface area contributed by atoms with Crippen LogP contribution in [0.25, 0.3) is 0 Å². The molecule has 0 heterocycles. The van der Waals surface area contributed by atoms with E-state index in [1.54, 1.807) is 0 Å². The Labute approximate surface area is 125 Å². The van der Waals surface area contributed by atoms with Gasteiger partial charge in [0, 0.05) is 6.54 Å². The SMILES string of the molecule is CCC(CC)(CNC(=O)C1(c2ccccc2)CC1)C(=O)O. The van der Waals surface area contributed by atoms with Crippen LogP contribution in [0.15, 0.2) is 30.3 Å². The molecule has 0 radical (unpaired) electrons. The van der Waals surface area contributed by atoms with E-state index in [2.05, 4.69) is 5.32 Å². The fourth-order valence-corrected chi connectivity index (χ4v) is 2.83. The van der Waals surface area contributed by atoms with Crippen LogP contribution in [-0.4, -0.2) is 23.5 Å². The van der Waals surface area contributed by atoms with Gasteiger partial charge in [-0.3, -0.25) is 9.59 Å². The monoisotopic (exact) mass is 289 g/mol. The van der Waals surface area contributed by atoms with Crippen molar-refractivity contribution < 1.29 is 14.7 Å². The second kappa shape index (κ2) is 5.88. The highest BCUT2D eigenvalue weighted by molar-refractivity contribution is 5.91. The highest BCUT2D eigenvalue weighted by Crippen LogP contribution is 2.48. The molecule has 1 aliphatic carbocycles. The molecule has 1 amide bonds. The zero-order chi connectivity index (χ0) is 15.5. The molecule has 0 bridgehead atoms. The van der Waals surface area contributed by atoms with Gasteiger partial charge >= 0.3 is 5.97 Å². The van der Waals surface area contributed by atoms with Crippen LogP contribution in [0.2, 0.25) is 0 Å². The maximum atomic E-state index is 12.5. The average Bonchev–Trinajstić information content (AvgIpc) is 3.31. The minimum atomic E-state index is -0.859. The minimum Gasteiger partial charge on any atom is -0.481 e. The van der Waals surface area contributed by atoms with Crippen LogP contribution in [0, 0.1) is 5.41 Å². The summed E-state index contributed by atoms with van der Waals surface area (Å²) in [5, 5.41) is 12.3. The lowest BCUT2D eigenvalue weighted by Gasteiger charge is -2.28. The van der Waals surface area contributed by atoms with Crippen molar-refractivity contribution >= 4 is 11.9 Å². The molecule has 114 valence electrons. The van der Waals surface area contributed by atoms with Crippen molar-refractivity contribution in [3.8, 4) is 0 Å². The number of nitrogens with one attached hydrogen (secondary N) is 1. The van der Waals surface area contributed by atoms with Crippen molar-refractivity contribution in [1.82, 2.24) is 5.32 Å². The first kappa shape index (κ1) is 15.5. The number of aliphatic carboxylic acids is 1. The molecule has 21 heavy (non-hydrogen) atoms. The number of carbonyl (C=O) groups excluding carboxylic acids is 1. The summed E-state index contributed by atoms with van der Waals surface area (Å²) < 4.78 is 0. The highest BCUT2D eigenvalue weighted by Gasteiger charge is 2.51. The van der Waals surface area contributed by atoms with Gasteiger partial charge in [-0.05, 0) is 31.2 Å². The van der Waals surface area contributed by atoms with Crippen molar-refractivity contribution in [3.63, 3.8) is 0 Å². The molecule has 0 spiro atoms. The van der Waals surface area contributed by atoms with Gasteiger partial charge in [0.15, 0.2) is 0 Å². The number of amides is 1. The van der Waals surface area contributed by atoms with Crippen molar-refractivity contribution in [1.29, 1.82) is 0 Å². The van der Waals surface area contributed by atoms with Crippen LogP contribution < -0.4 is 5.32 Å². The first-order valence-electron chi connectivity index (χ1n) is 7.58. The van der Waals surface area contributed by atoms with E-state index in [0.29, 0.717) is 12.8 Å². The van der Waals surface area contributed by atoms with Gasteiger partial charge in [0.25, 0.3) is 0 Å². The summed E-state index contributed by atoms with van der Waals surface area (Å²) in [4.78, 5) is 24.0. The Morgan fingerprint density at radius 1 is 1.19 bits per heavy atom. The Hall–Kier alpha value is -1.84. The van der Waals surface area contributed by atoms with Crippen LogP contribution >= 0.6 is 0 Å². The van der Waals surface area contributed by atoms with Gasteiger partial charge in [-0.1, -0.05) is 44.2 Å². The molecule has 1 aromatic carbocycles. The summed E-state index contributed by atoms with van der Waals surface area (Å²) in [6.07, 6.45) is 2.69. The Morgan fingerprint density at radius 3 is 2.19 bits per heavy atom. The lowest BCUT2D eigenvalue weighted by molar-refractivity contribution is -0.149. The van der Waals surface area contributed by atoms with Gasteiger partial charge in [-0.25, -0.2) is 0 Å². The third kappa shape index (κ3) is 2.80. The lowest BCUT2D eigenvalue weighted by atomic mass is 9.82. The molecular formula is C17H23NO3. The summed E-state index contributed by atoms with van der Waals surface area (Å²) >= 11 is 0. The van der Waals surface area contributed by atoms with Gasteiger partial charge in [0.2, 0.25) is 5.91 Å². The van der Waals surface area contributed by atoms with E-state index < -0.39 is 16.8 Å². The second-order valence-corrected chi connectivity index (χ2v) is 5.92. The first-order chi connectivity index (χ1) is 10.0. The number of rotatable bonds is 7. The van der Waals surface area contributed by atoms with Crippen molar-refractivity contribution in [2.45, 2.75) is 44.9 Å². The van der Waals surface area contributed by atoms with Gasteiger partial charge in [0.05, 0.1) is 10.8 Å². The van der Waals surface area contributed by atoms with Gasteiger partial charge < -0.3 is 10.4 Å². The molecule has 1 aromatic rings. The van der Waals surface area contributed by atoms with Crippen LogP contribution in [-0.2, 0) is 15.0 Å². The van der Waals surface area contributed by atoms with Gasteiger partial charge in [-0.2, -0.15) is 0 Å². The second-order valence-electron chi connectivity index (χ2n) is 5.92. The fraction of sp³-hybridized carbons (Fsp3) is 0.529. The van der Waals surface area contributed by atoms with E-state index in [1.807, 2.05) is 44.2 Å². The number of carboxylic acids is 1. The van der Waals surface area contributed by atoms with E-state index in [0.717, 1.165) is 18.4 Å². The molecule has 1 fully saturated rings. The van der Waals surface area contributed by atoms with Crippen LogP contribution in [0.4, 0.5) is 0 Å². The Balaban J connectivity index is 2.07. The molecule has 2 rings (SSSR count). The van der Waals surface area contributed by atoms with Crippen molar-refractivity contribution in [2.75, 3.05) is 6.54 Å². The highest BCUT2D eigenvalue weighted by atomic mass is 16.4. The molecule has 2 N–H and O–H groups in total. The number of carbonyl (C=O) groups is 2. The molecule has 1 saturated carbocycles. The summed E-state index contributed by atoms with van der Waals surface area (Å²) in [7, 11) is 0. The van der Waals surface area contributed by atoms with Crippen LogP contribution in [0.1, 0.15) is 45.1 Å². The number of benzene rings is 1. The lowest BCUT2D eigenvalue weighted by Crippen LogP contribution is -2.45. The summed E-state index contributed by atoms with van der Waals surface area (Å²) in [6, 6.07) is 9.74.